The zero-order valence-electron chi connectivity index (χ0n) is 9.06. The summed E-state index contributed by atoms with van der Waals surface area (Å²) in [4.78, 5) is 15.3. The van der Waals surface area contributed by atoms with Crippen molar-refractivity contribution in [3.05, 3.63) is 5.82 Å². The van der Waals surface area contributed by atoms with Crippen LogP contribution in [0.2, 0.25) is 0 Å². The normalized spacial score (nSPS) is 23.8. The van der Waals surface area contributed by atoms with Crippen molar-refractivity contribution in [1.82, 2.24) is 20.5 Å². The van der Waals surface area contributed by atoms with Crippen LogP contribution in [0.5, 0.6) is 0 Å². The third-order valence-corrected chi connectivity index (χ3v) is 2.55. The Balaban J connectivity index is 1.77. The molecule has 1 aliphatic carbocycles. The first-order chi connectivity index (χ1) is 7.69. The average molecular weight is 225 g/mol. The highest BCUT2D eigenvalue weighted by molar-refractivity contribution is 5.90. The molecule has 0 aliphatic heterocycles. The van der Waals surface area contributed by atoms with E-state index in [4.69, 9.17) is 10.5 Å². The largest absolute Gasteiger partial charge is 0.378 e. The molecule has 0 spiro atoms. The molecule has 1 saturated carbocycles. The number of ether oxygens (including phenoxy) is 1. The number of nitrogens with zero attached hydrogens (tertiary/aromatic N) is 2. The predicted octanol–water partition coefficient (Wildman–Crippen LogP) is -0.316. The van der Waals surface area contributed by atoms with Crippen molar-refractivity contribution in [3.8, 4) is 0 Å². The number of carbonyl (C=O) groups excluding carboxylic acids is 1. The maximum absolute atomic E-state index is 11.6. The Labute approximate surface area is 92.8 Å². The van der Waals surface area contributed by atoms with Gasteiger partial charge in [0.2, 0.25) is 11.8 Å². The lowest BCUT2D eigenvalue weighted by Gasteiger charge is -2.35. The summed E-state index contributed by atoms with van der Waals surface area (Å²) in [6.07, 6.45) is 1.97. The Kier molecular flexibility index (Phi) is 3.04. The lowest BCUT2D eigenvalue weighted by Crippen LogP contribution is -2.48. The number of anilines is 1. The zero-order chi connectivity index (χ0) is 11.5. The third-order valence-electron chi connectivity index (χ3n) is 2.55. The van der Waals surface area contributed by atoms with Crippen LogP contribution in [0.4, 0.5) is 5.95 Å². The summed E-state index contributed by atoms with van der Waals surface area (Å²) in [7, 11) is 0. The summed E-state index contributed by atoms with van der Waals surface area (Å²) in [6, 6.07) is 0.162. The molecule has 0 bridgehead atoms. The molecule has 7 heteroatoms. The van der Waals surface area contributed by atoms with Crippen molar-refractivity contribution in [1.29, 1.82) is 0 Å². The van der Waals surface area contributed by atoms with Gasteiger partial charge in [0.25, 0.3) is 5.91 Å². The molecule has 1 amide bonds. The average Bonchev–Trinajstić information content (AvgIpc) is 2.61. The lowest BCUT2D eigenvalue weighted by atomic mass is 9.89. The Morgan fingerprint density at radius 2 is 2.44 bits per heavy atom. The first kappa shape index (κ1) is 10.9. The molecule has 1 aromatic heterocycles. The molecule has 0 saturated heterocycles. The van der Waals surface area contributed by atoms with Gasteiger partial charge in [0.05, 0.1) is 6.10 Å². The van der Waals surface area contributed by atoms with Crippen LogP contribution in [0.1, 0.15) is 30.4 Å². The number of aromatic nitrogens is 3. The second kappa shape index (κ2) is 4.48. The standard InChI is InChI=1S/C9H15N5O2/c1-2-16-6-3-5(4-6)11-8(15)7-12-9(10)14-13-7/h5-6H,2-4H2,1H3,(H,11,15)(H3,10,12,13,14). The van der Waals surface area contributed by atoms with Crippen molar-refractivity contribution < 1.29 is 9.53 Å². The van der Waals surface area contributed by atoms with E-state index in [0.29, 0.717) is 6.61 Å². The number of nitrogens with one attached hydrogen (secondary N) is 2. The summed E-state index contributed by atoms with van der Waals surface area (Å²) in [5.41, 5.74) is 5.30. The van der Waals surface area contributed by atoms with Crippen molar-refractivity contribution in [3.63, 3.8) is 0 Å². The van der Waals surface area contributed by atoms with Crippen LogP contribution in [0.3, 0.4) is 0 Å². The monoisotopic (exact) mass is 225 g/mol. The van der Waals surface area contributed by atoms with Crippen LogP contribution < -0.4 is 11.1 Å². The van der Waals surface area contributed by atoms with Crippen LogP contribution in [0.15, 0.2) is 0 Å². The molecule has 0 atom stereocenters. The molecule has 2 rings (SSSR count). The van der Waals surface area contributed by atoms with Gasteiger partial charge in [-0.1, -0.05) is 0 Å². The number of nitrogen functional groups attached to an aromatic ring is 1. The molecule has 16 heavy (non-hydrogen) atoms. The fraction of sp³-hybridized carbons (Fsp3) is 0.667. The van der Waals surface area contributed by atoms with Crippen molar-refractivity contribution in [2.24, 2.45) is 0 Å². The molecule has 7 nitrogen and oxygen atoms in total. The number of hydrogen-bond acceptors (Lipinski definition) is 5. The first-order valence-corrected chi connectivity index (χ1v) is 5.29. The van der Waals surface area contributed by atoms with Crippen LogP contribution in [0.25, 0.3) is 0 Å². The Morgan fingerprint density at radius 1 is 1.69 bits per heavy atom. The van der Waals surface area contributed by atoms with Crippen LogP contribution in [-0.4, -0.2) is 39.8 Å². The van der Waals surface area contributed by atoms with Gasteiger partial charge in [-0.3, -0.25) is 9.89 Å². The maximum Gasteiger partial charge on any atom is 0.288 e. The maximum atomic E-state index is 11.6. The van der Waals surface area contributed by atoms with E-state index < -0.39 is 0 Å². The fourth-order valence-corrected chi connectivity index (χ4v) is 1.69. The molecular formula is C9H15N5O2. The van der Waals surface area contributed by atoms with Gasteiger partial charge >= 0.3 is 0 Å². The highest BCUT2D eigenvalue weighted by Gasteiger charge is 2.31. The second-order valence-electron chi connectivity index (χ2n) is 3.76. The number of aromatic amines is 1. The number of hydrogen-bond donors (Lipinski definition) is 3. The number of H-pyrrole nitrogens is 1. The van der Waals surface area contributed by atoms with E-state index in [1.807, 2.05) is 6.92 Å². The number of rotatable bonds is 4. The van der Waals surface area contributed by atoms with Gasteiger partial charge < -0.3 is 15.8 Å². The molecule has 0 aromatic carbocycles. The highest BCUT2D eigenvalue weighted by Crippen LogP contribution is 2.23. The van der Waals surface area contributed by atoms with Crippen molar-refractivity contribution >= 4 is 11.9 Å². The van der Waals surface area contributed by atoms with Gasteiger partial charge in [-0.2, -0.15) is 4.98 Å². The summed E-state index contributed by atoms with van der Waals surface area (Å²) in [5.74, 6) is -0.0486. The van der Waals surface area contributed by atoms with Crippen molar-refractivity contribution in [2.75, 3.05) is 12.3 Å². The molecule has 88 valence electrons. The lowest BCUT2D eigenvalue weighted by molar-refractivity contribution is -0.00871. The van der Waals surface area contributed by atoms with E-state index >= 15 is 0 Å². The molecular weight excluding hydrogens is 210 g/mol. The number of amides is 1. The van der Waals surface area contributed by atoms with Gasteiger partial charge in [-0.25, -0.2) is 0 Å². The van der Waals surface area contributed by atoms with Gasteiger partial charge in [0, 0.05) is 12.6 Å². The van der Waals surface area contributed by atoms with Gasteiger partial charge in [0.1, 0.15) is 0 Å². The van der Waals surface area contributed by atoms with E-state index in [9.17, 15) is 4.79 Å². The smallest absolute Gasteiger partial charge is 0.288 e. The highest BCUT2D eigenvalue weighted by atomic mass is 16.5. The van der Waals surface area contributed by atoms with Crippen LogP contribution >= 0.6 is 0 Å². The second-order valence-corrected chi connectivity index (χ2v) is 3.76. The number of carbonyl (C=O) groups is 1. The fourth-order valence-electron chi connectivity index (χ4n) is 1.69. The molecule has 1 aromatic rings. The molecule has 0 radical (unpaired) electrons. The summed E-state index contributed by atoms with van der Waals surface area (Å²) >= 11 is 0. The van der Waals surface area contributed by atoms with Crippen LogP contribution in [0, 0.1) is 0 Å². The first-order valence-electron chi connectivity index (χ1n) is 5.29. The quantitative estimate of drug-likeness (QED) is 0.651. The molecule has 0 unspecified atom stereocenters. The molecule has 1 fully saturated rings. The van der Waals surface area contributed by atoms with E-state index in [-0.39, 0.29) is 29.8 Å². The van der Waals surface area contributed by atoms with Crippen molar-refractivity contribution in [2.45, 2.75) is 31.9 Å². The summed E-state index contributed by atoms with van der Waals surface area (Å²) < 4.78 is 5.39. The molecule has 1 aliphatic rings. The molecule has 1 heterocycles. The van der Waals surface area contributed by atoms with Crippen LogP contribution in [-0.2, 0) is 4.74 Å². The van der Waals surface area contributed by atoms with Gasteiger partial charge in [0.15, 0.2) is 0 Å². The minimum Gasteiger partial charge on any atom is -0.378 e. The van der Waals surface area contributed by atoms with E-state index in [2.05, 4.69) is 20.5 Å². The Hall–Kier alpha value is -1.63. The third kappa shape index (κ3) is 2.30. The predicted molar refractivity (Wildman–Crippen MR) is 56.7 cm³/mol. The van der Waals surface area contributed by atoms with Gasteiger partial charge in [-0.05, 0) is 19.8 Å². The number of nitrogens with two attached hydrogens (primary N) is 1. The Morgan fingerprint density at radius 3 is 3.00 bits per heavy atom. The minimum absolute atomic E-state index is 0.0750. The summed E-state index contributed by atoms with van der Waals surface area (Å²) in [5, 5.41) is 8.88. The zero-order valence-corrected chi connectivity index (χ0v) is 9.06. The Bertz CT molecular complexity index is 372. The topological polar surface area (TPSA) is 106 Å². The van der Waals surface area contributed by atoms with Gasteiger partial charge in [-0.15, -0.1) is 5.10 Å². The summed E-state index contributed by atoms with van der Waals surface area (Å²) in [6.45, 7) is 2.67. The van der Waals surface area contributed by atoms with E-state index in [1.165, 1.54) is 0 Å². The molecule has 4 N–H and O–H groups in total. The van der Waals surface area contributed by atoms with E-state index in [0.717, 1.165) is 12.8 Å². The SMILES string of the molecule is CCOC1CC(NC(=O)c2nc(N)n[nH]2)C1. The minimum atomic E-state index is -0.274. The van der Waals surface area contributed by atoms with E-state index in [1.54, 1.807) is 0 Å².